The largest absolute Gasteiger partial charge is 0.457 e. The van der Waals surface area contributed by atoms with Gasteiger partial charge in [0.15, 0.2) is 5.17 Å². The summed E-state index contributed by atoms with van der Waals surface area (Å²) in [5.41, 5.74) is 3.76. The van der Waals surface area contributed by atoms with Crippen LogP contribution >= 0.6 is 11.8 Å². The summed E-state index contributed by atoms with van der Waals surface area (Å²) in [5, 5.41) is 5.70. The van der Waals surface area contributed by atoms with Crippen LogP contribution in [0.5, 0.6) is 0 Å². The molecule has 3 aliphatic rings. The van der Waals surface area contributed by atoms with Crippen LogP contribution in [0.2, 0.25) is 0 Å². The molecule has 3 heterocycles. The van der Waals surface area contributed by atoms with E-state index in [1.54, 1.807) is 0 Å². The maximum Gasteiger partial charge on any atom is 0.338 e. The summed E-state index contributed by atoms with van der Waals surface area (Å²) in [7, 11) is 0. The summed E-state index contributed by atoms with van der Waals surface area (Å²) in [6.07, 6.45) is 2.27. The van der Waals surface area contributed by atoms with Crippen LogP contribution in [0.25, 0.3) is 0 Å². The maximum atomic E-state index is 13.4. The third-order valence-electron chi connectivity index (χ3n) is 6.44. The topological polar surface area (TPSA) is 80.2 Å². The molecule has 0 unspecified atom stereocenters. The highest BCUT2D eigenvalue weighted by molar-refractivity contribution is 8.16. The fourth-order valence-corrected chi connectivity index (χ4v) is 5.61. The molecule has 2 aromatic rings. The van der Waals surface area contributed by atoms with Gasteiger partial charge in [-0.15, -0.1) is 0 Å². The van der Waals surface area contributed by atoms with E-state index in [9.17, 15) is 9.59 Å². The van der Waals surface area contributed by atoms with Crippen LogP contribution in [0, 0.1) is 0 Å². The first-order valence-corrected chi connectivity index (χ1v) is 13.1. The number of nitrogens with one attached hydrogen (secondary N) is 1. The number of thioether (sulfide) groups is 1. The number of amides is 1. The molecule has 0 spiro atoms. The number of aliphatic imine (C=N–C) groups is 1. The highest BCUT2D eigenvalue weighted by atomic mass is 32.2. The van der Waals surface area contributed by atoms with E-state index in [0.717, 1.165) is 41.4 Å². The fourth-order valence-electron chi connectivity index (χ4n) is 4.64. The summed E-state index contributed by atoms with van der Waals surface area (Å²) in [6.45, 7) is 3.28. The average Bonchev–Trinajstić information content (AvgIpc) is 3.56. The van der Waals surface area contributed by atoms with E-state index in [0.29, 0.717) is 17.8 Å². The number of fused-ring (bicyclic) bond motifs is 1. The van der Waals surface area contributed by atoms with E-state index in [2.05, 4.69) is 5.32 Å². The predicted octanol–water partition coefficient (Wildman–Crippen LogP) is 4.69. The number of carbonyl (C=O) groups excluding carboxylic acids is 2. The average molecular weight is 504 g/mol. The highest BCUT2D eigenvalue weighted by Crippen LogP contribution is 2.44. The second kappa shape index (κ2) is 11.1. The van der Waals surface area contributed by atoms with E-state index in [-0.39, 0.29) is 25.0 Å². The van der Waals surface area contributed by atoms with Gasteiger partial charge < -0.3 is 19.7 Å². The minimum Gasteiger partial charge on any atom is -0.457 e. The normalized spacial score (nSPS) is 21.1. The summed E-state index contributed by atoms with van der Waals surface area (Å²) in [4.78, 5) is 33.0. The molecule has 3 aliphatic heterocycles. The summed E-state index contributed by atoms with van der Waals surface area (Å²) >= 11 is 1.47. The number of benzene rings is 2. The Morgan fingerprint density at radius 2 is 1.89 bits per heavy atom. The Kier molecular flexibility index (Phi) is 7.53. The van der Waals surface area contributed by atoms with Crippen molar-refractivity contribution in [3.63, 3.8) is 0 Å². The molecule has 8 heteroatoms. The van der Waals surface area contributed by atoms with E-state index < -0.39 is 12.0 Å². The first-order valence-electron chi connectivity index (χ1n) is 12.2. The molecule has 1 fully saturated rings. The minimum absolute atomic E-state index is 0.0788. The van der Waals surface area contributed by atoms with Crippen LogP contribution in [0.15, 0.2) is 88.0 Å². The van der Waals surface area contributed by atoms with Crippen molar-refractivity contribution in [1.82, 2.24) is 10.2 Å². The van der Waals surface area contributed by atoms with Crippen LogP contribution in [-0.2, 0) is 25.7 Å². The van der Waals surface area contributed by atoms with Crippen molar-refractivity contribution in [3.8, 4) is 0 Å². The number of nitrogens with zero attached hydrogens (tertiary/aromatic N) is 2. The maximum absolute atomic E-state index is 13.4. The van der Waals surface area contributed by atoms with Gasteiger partial charge in [-0.2, -0.15) is 0 Å². The van der Waals surface area contributed by atoms with Crippen LogP contribution in [0.1, 0.15) is 43.4 Å². The van der Waals surface area contributed by atoms with Gasteiger partial charge in [0.25, 0.3) is 0 Å². The number of hydrogen-bond donors (Lipinski definition) is 1. The highest BCUT2D eigenvalue weighted by Gasteiger charge is 2.41. The monoisotopic (exact) mass is 503 g/mol. The lowest BCUT2D eigenvalue weighted by molar-refractivity contribution is -0.141. The van der Waals surface area contributed by atoms with Crippen molar-refractivity contribution in [2.75, 3.05) is 13.2 Å². The lowest BCUT2D eigenvalue weighted by atomic mass is 9.94. The molecule has 2 aromatic carbocycles. The Morgan fingerprint density at radius 1 is 1.14 bits per heavy atom. The van der Waals surface area contributed by atoms with E-state index in [1.165, 1.54) is 11.8 Å². The third-order valence-corrected chi connectivity index (χ3v) is 7.33. The summed E-state index contributed by atoms with van der Waals surface area (Å²) in [6, 6.07) is 19.0. The molecule has 186 valence electrons. The van der Waals surface area contributed by atoms with Crippen LogP contribution in [-0.4, -0.2) is 41.2 Å². The minimum atomic E-state index is -0.436. The first-order chi connectivity index (χ1) is 17.6. The van der Waals surface area contributed by atoms with Crippen molar-refractivity contribution < 1.29 is 19.1 Å². The van der Waals surface area contributed by atoms with Crippen LogP contribution in [0.4, 0.5) is 0 Å². The molecular formula is C28H29N3O4S. The smallest absolute Gasteiger partial charge is 0.338 e. The molecule has 36 heavy (non-hydrogen) atoms. The molecule has 1 N–H and O–H groups in total. The Hall–Kier alpha value is -3.36. The molecule has 0 bridgehead atoms. The van der Waals surface area contributed by atoms with Crippen molar-refractivity contribution in [2.24, 2.45) is 4.99 Å². The van der Waals surface area contributed by atoms with Gasteiger partial charge in [0.05, 0.1) is 29.8 Å². The number of carbonyl (C=O) groups is 2. The fraction of sp³-hybridized carbons (Fsp3) is 0.321. The van der Waals surface area contributed by atoms with Crippen LogP contribution < -0.4 is 5.32 Å². The summed E-state index contributed by atoms with van der Waals surface area (Å²) < 4.78 is 11.4. The Bertz CT molecular complexity index is 1200. The number of esters is 1. The molecular weight excluding hydrogens is 474 g/mol. The second-order valence-electron chi connectivity index (χ2n) is 8.98. The molecule has 0 aromatic heterocycles. The van der Waals surface area contributed by atoms with Crippen molar-refractivity contribution in [2.45, 2.75) is 44.9 Å². The first kappa shape index (κ1) is 24.3. The Morgan fingerprint density at radius 3 is 2.61 bits per heavy atom. The van der Waals surface area contributed by atoms with Gasteiger partial charge in [-0.3, -0.25) is 4.79 Å². The Balaban J connectivity index is 1.37. The molecule has 1 amide bonds. The van der Waals surface area contributed by atoms with E-state index in [4.69, 9.17) is 14.5 Å². The zero-order valence-corrected chi connectivity index (χ0v) is 21.0. The third kappa shape index (κ3) is 5.39. The number of amidine groups is 1. The molecule has 5 rings (SSSR count). The summed E-state index contributed by atoms with van der Waals surface area (Å²) in [5.74, 6) is -0.489. The molecule has 7 nitrogen and oxygen atoms in total. The predicted molar refractivity (Wildman–Crippen MR) is 140 cm³/mol. The van der Waals surface area contributed by atoms with Crippen molar-refractivity contribution in [3.05, 3.63) is 94.2 Å². The van der Waals surface area contributed by atoms with E-state index in [1.807, 2.05) is 77.9 Å². The zero-order valence-electron chi connectivity index (χ0n) is 20.2. The molecule has 0 saturated carbocycles. The zero-order chi connectivity index (χ0) is 24.9. The van der Waals surface area contributed by atoms with Gasteiger partial charge in [0, 0.05) is 18.8 Å². The number of ether oxygens (including phenoxy) is 2. The quantitative estimate of drug-likeness (QED) is 0.527. The van der Waals surface area contributed by atoms with Crippen molar-refractivity contribution >= 4 is 28.8 Å². The van der Waals surface area contributed by atoms with Crippen molar-refractivity contribution in [1.29, 1.82) is 0 Å². The number of hydrogen-bond acceptors (Lipinski definition) is 7. The van der Waals surface area contributed by atoms with Gasteiger partial charge in [-0.25, -0.2) is 9.79 Å². The number of rotatable bonds is 8. The molecule has 2 atom stereocenters. The second-order valence-corrected chi connectivity index (χ2v) is 9.82. The van der Waals surface area contributed by atoms with Gasteiger partial charge in [-0.05, 0) is 36.3 Å². The standard InChI is InChI=1S/C28H29N3O4S/c1-19-25(27(33)35-17-20-9-4-2-5-10-20)26(21-11-6-3-7-12-21)31-22(18-36-28(31)30-19)15-24(32)29-16-23-13-8-14-34-23/h2-7,9-12,18,23,26H,8,13-17H2,1H3,(H,29,32)/t23-,26-/m0/s1. The number of allylic oxidation sites excluding steroid dienone is 1. The lowest BCUT2D eigenvalue weighted by Gasteiger charge is -2.36. The Labute approximate surface area is 215 Å². The van der Waals surface area contributed by atoms with Gasteiger partial charge in [0.2, 0.25) is 5.91 Å². The molecule has 1 saturated heterocycles. The van der Waals surface area contributed by atoms with Gasteiger partial charge in [-0.1, -0.05) is 72.4 Å². The van der Waals surface area contributed by atoms with Gasteiger partial charge >= 0.3 is 5.97 Å². The molecule has 0 aliphatic carbocycles. The van der Waals surface area contributed by atoms with E-state index >= 15 is 0 Å². The van der Waals surface area contributed by atoms with Crippen LogP contribution in [0.3, 0.4) is 0 Å². The SMILES string of the molecule is CC1=C(C(=O)OCc2ccccc2)[C@H](c2ccccc2)N2C(CC(=O)NC[C@@H]3CCCO3)=CSC2=N1. The van der Waals surface area contributed by atoms with Gasteiger partial charge in [0.1, 0.15) is 6.61 Å². The lowest BCUT2D eigenvalue weighted by Crippen LogP contribution is -2.38. The molecule has 0 radical (unpaired) electrons.